The Morgan fingerprint density at radius 3 is 1.54 bits per heavy atom. The van der Waals surface area contributed by atoms with Gasteiger partial charge >= 0.3 is 11.9 Å². The third-order valence-electron chi connectivity index (χ3n) is 4.13. The van der Waals surface area contributed by atoms with Crippen LogP contribution in [0.15, 0.2) is 0 Å². The average molecular weight is 344 g/mol. The molecule has 0 amide bonds. The molecule has 0 bridgehead atoms. The summed E-state index contributed by atoms with van der Waals surface area (Å²) in [6, 6.07) is 0. The highest BCUT2D eigenvalue weighted by atomic mass is 16.6. The van der Waals surface area contributed by atoms with Gasteiger partial charge in [-0.1, -0.05) is 70.6 Å². The summed E-state index contributed by atoms with van der Waals surface area (Å²) < 4.78 is 9.70. The van der Waals surface area contributed by atoms with Gasteiger partial charge in [-0.25, -0.2) is 4.79 Å². The normalized spacial score (nSPS) is 10.7. The maximum atomic E-state index is 10.8. The molecule has 0 radical (unpaired) electrons. The van der Waals surface area contributed by atoms with Crippen LogP contribution in [0.4, 0.5) is 0 Å². The largest absolute Gasteiger partial charge is 0.481 e. The molecule has 5 nitrogen and oxygen atoms in total. The zero-order valence-corrected chi connectivity index (χ0v) is 15.4. The van der Waals surface area contributed by atoms with Crippen molar-refractivity contribution < 1.29 is 24.2 Å². The number of esters is 1. The van der Waals surface area contributed by atoms with E-state index >= 15 is 0 Å². The minimum Gasteiger partial charge on any atom is -0.481 e. The standard InChI is InChI=1S/C19H36O5/c1-23-19(22)17-24-16-14-12-10-8-6-4-2-3-5-7-9-11-13-15-18(20)21/h2-17H2,1H3,(H,20,21). The van der Waals surface area contributed by atoms with Crippen LogP contribution in [0.1, 0.15) is 89.9 Å². The number of carboxylic acids is 1. The molecule has 0 aromatic rings. The van der Waals surface area contributed by atoms with Gasteiger partial charge in [0.1, 0.15) is 6.61 Å². The molecule has 0 aromatic heterocycles. The summed E-state index contributed by atoms with van der Waals surface area (Å²) in [7, 11) is 1.37. The minimum atomic E-state index is -0.677. The fourth-order valence-corrected chi connectivity index (χ4v) is 2.64. The van der Waals surface area contributed by atoms with E-state index < -0.39 is 5.97 Å². The molecule has 0 aromatic carbocycles. The summed E-state index contributed by atoms with van der Waals surface area (Å²) in [6.45, 7) is 0.706. The van der Waals surface area contributed by atoms with Crippen LogP contribution in [-0.4, -0.2) is 37.4 Å². The molecule has 0 unspecified atom stereocenters. The summed E-state index contributed by atoms with van der Waals surface area (Å²) in [5.74, 6) is -0.987. The predicted molar refractivity (Wildman–Crippen MR) is 95.1 cm³/mol. The van der Waals surface area contributed by atoms with E-state index in [0.29, 0.717) is 13.0 Å². The molecule has 0 saturated carbocycles. The summed E-state index contributed by atoms with van der Waals surface area (Å²) in [6.07, 6.45) is 15.8. The maximum Gasteiger partial charge on any atom is 0.331 e. The van der Waals surface area contributed by atoms with Crippen LogP contribution in [0, 0.1) is 0 Å². The van der Waals surface area contributed by atoms with E-state index in [2.05, 4.69) is 4.74 Å². The van der Waals surface area contributed by atoms with Crippen LogP contribution in [0.2, 0.25) is 0 Å². The number of carbonyl (C=O) groups excluding carboxylic acids is 1. The molecule has 0 aliphatic heterocycles. The molecule has 0 spiro atoms. The number of rotatable bonds is 18. The number of hydrogen-bond acceptors (Lipinski definition) is 4. The second-order valence-corrected chi connectivity index (χ2v) is 6.37. The first-order chi connectivity index (χ1) is 11.7. The molecule has 1 N–H and O–H groups in total. The van der Waals surface area contributed by atoms with Gasteiger partial charge in [0.15, 0.2) is 0 Å². The number of aliphatic carboxylic acids is 1. The summed E-state index contributed by atoms with van der Waals surface area (Å²) >= 11 is 0. The monoisotopic (exact) mass is 344 g/mol. The van der Waals surface area contributed by atoms with Gasteiger partial charge in [0, 0.05) is 13.0 Å². The Morgan fingerprint density at radius 2 is 1.12 bits per heavy atom. The quantitative estimate of drug-likeness (QED) is 0.288. The van der Waals surface area contributed by atoms with Crippen molar-refractivity contribution in [1.29, 1.82) is 0 Å². The van der Waals surface area contributed by atoms with Gasteiger partial charge < -0.3 is 14.6 Å². The van der Waals surface area contributed by atoms with Crippen molar-refractivity contribution in [1.82, 2.24) is 0 Å². The van der Waals surface area contributed by atoms with Crippen LogP contribution >= 0.6 is 0 Å². The van der Waals surface area contributed by atoms with E-state index in [1.54, 1.807) is 0 Å². The number of hydrogen-bond donors (Lipinski definition) is 1. The number of carboxylic acid groups (broad SMARTS) is 1. The first-order valence-corrected chi connectivity index (χ1v) is 9.53. The van der Waals surface area contributed by atoms with E-state index in [0.717, 1.165) is 25.7 Å². The third-order valence-corrected chi connectivity index (χ3v) is 4.13. The minimum absolute atomic E-state index is 0.0655. The average Bonchev–Trinajstić information content (AvgIpc) is 2.57. The van der Waals surface area contributed by atoms with Crippen LogP contribution in [-0.2, 0) is 19.1 Å². The van der Waals surface area contributed by atoms with Crippen molar-refractivity contribution in [3.05, 3.63) is 0 Å². The van der Waals surface area contributed by atoms with Crippen molar-refractivity contribution >= 4 is 11.9 Å². The highest BCUT2D eigenvalue weighted by molar-refractivity contribution is 5.70. The first-order valence-electron chi connectivity index (χ1n) is 9.53. The Morgan fingerprint density at radius 1 is 0.708 bits per heavy atom. The lowest BCUT2D eigenvalue weighted by Gasteiger charge is -2.04. The molecule has 0 fully saturated rings. The van der Waals surface area contributed by atoms with Gasteiger partial charge in [0.05, 0.1) is 7.11 Å². The molecular formula is C19H36O5. The Bertz CT molecular complexity index is 304. The molecule has 0 aliphatic carbocycles. The summed E-state index contributed by atoms with van der Waals surface area (Å²) in [5, 5.41) is 8.54. The van der Waals surface area contributed by atoms with Crippen molar-refractivity contribution in [3.63, 3.8) is 0 Å². The smallest absolute Gasteiger partial charge is 0.331 e. The highest BCUT2D eigenvalue weighted by Crippen LogP contribution is 2.13. The fourth-order valence-electron chi connectivity index (χ4n) is 2.64. The van der Waals surface area contributed by atoms with E-state index in [-0.39, 0.29) is 12.6 Å². The van der Waals surface area contributed by atoms with Crippen LogP contribution < -0.4 is 0 Å². The zero-order chi connectivity index (χ0) is 17.9. The SMILES string of the molecule is COC(=O)COCCCCCCCCCCCCCCCC(=O)O. The van der Waals surface area contributed by atoms with Gasteiger partial charge in [-0.05, 0) is 12.8 Å². The Hall–Kier alpha value is -1.10. The summed E-state index contributed by atoms with van der Waals surface area (Å²) in [4.78, 5) is 21.2. The molecule has 0 aliphatic rings. The second-order valence-electron chi connectivity index (χ2n) is 6.37. The molecule has 24 heavy (non-hydrogen) atoms. The molecule has 0 saturated heterocycles. The molecule has 0 heterocycles. The Balaban J connectivity index is 3.03. The number of ether oxygens (including phenoxy) is 2. The first kappa shape index (κ1) is 22.9. The van der Waals surface area contributed by atoms with Crippen LogP contribution in [0.5, 0.6) is 0 Å². The highest BCUT2D eigenvalue weighted by Gasteiger charge is 1.99. The van der Waals surface area contributed by atoms with Crippen molar-refractivity contribution in [3.8, 4) is 0 Å². The van der Waals surface area contributed by atoms with Crippen molar-refractivity contribution in [2.45, 2.75) is 89.9 Å². The van der Waals surface area contributed by atoms with Crippen molar-refractivity contribution in [2.24, 2.45) is 0 Å². The van der Waals surface area contributed by atoms with Gasteiger partial charge in [-0.2, -0.15) is 0 Å². The number of carbonyl (C=O) groups is 2. The van der Waals surface area contributed by atoms with Gasteiger partial charge in [-0.3, -0.25) is 4.79 Å². The molecular weight excluding hydrogens is 308 g/mol. The van der Waals surface area contributed by atoms with Crippen LogP contribution in [0.3, 0.4) is 0 Å². The second kappa shape index (κ2) is 18.2. The molecule has 0 rings (SSSR count). The molecule has 142 valence electrons. The lowest BCUT2D eigenvalue weighted by molar-refractivity contribution is -0.146. The van der Waals surface area contributed by atoms with Gasteiger partial charge in [0.2, 0.25) is 0 Å². The zero-order valence-electron chi connectivity index (χ0n) is 15.4. The van der Waals surface area contributed by atoms with E-state index in [9.17, 15) is 9.59 Å². The lowest BCUT2D eigenvalue weighted by Crippen LogP contribution is -2.10. The van der Waals surface area contributed by atoms with Gasteiger partial charge in [0.25, 0.3) is 0 Å². The maximum absolute atomic E-state index is 10.8. The predicted octanol–water partition coefficient (Wildman–Crippen LogP) is 4.72. The number of methoxy groups -OCH3 is 1. The molecule has 0 atom stereocenters. The van der Waals surface area contributed by atoms with Crippen molar-refractivity contribution in [2.75, 3.05) is 20.3 Å². The van der Waals surface area contributed by atoms with E-state index in [1.165, 1.54) is 64.9 Å². The fraction of sp³-hybridized carbons (Fsp3) is 0.895. The number of unbranched alkanes of at least 4 members (excludes halogenated alkanes) is 12. The summed E-state index contributed by atoms with van der Waals surface area (Å²) in [5.41, 5.74) is 0. The Kier molecular flexibility index (Phi) is 17.4. The van der Waals surface area contributed by atoms with Crippen LogP contribution in [0.25, 0.3) is 0 Å². The van der Waals surface area contributed by atoms with E-state index in [1.807, 2.05) is 0 Å². The lowest BCUT2D eigenvalue weighted by atomic mass is 10.0. The van der Waals surface area contributed by atoms with E-state index in [4.69, 9.17) is 9.84 Å². The third kappa shape index (κ3) is 18.9. The van der Waals surface area contributed by atoms with Gasteiger partial charge in [-0.15, -0.1) is 0 Å². The molecule has 5 heteroatoms. The topological polar surface area (TPSA) is 72.8 Å². The Labute approximate surface area is 147 Å².